The van der Waals surface area contributed by atoms with Gasteiger partial charge in [0.1, 0.15) is 0 Å². The Hall–Kier alpha value is -1.56. The first-order valence-corrected chi connectivity index (χ1v) is 4.07. The average Bonchev–Trinajstić information content (AvgIpc) is 2.21. The van der Waals surface area contributed by atoms with Gasteiger partial charge >= 0.3 is 0 Å². The van der Waals surface area contributed by atoms with Crippen molar-refractivity contribution in [2.24, 2.45) is 0 Å². The van der Waals surface area contributed by atoms with E-state index in [1.54, 1.807) is 0 Å². The van der Waals surface area contributed by atoms with Crippen LogP contribution >= 0.6 is 0 Å². The van der Waals surface area contributed by atoms with Crippen molar-refractivity contribution in [2.45, 2.75) is 0 Å². The van der Waals surface area contributed by atoms with E-state index in [9.17, 15) is 0 Å². The fourth-order valence-corrected chi connectivity index (χ4v) is 1.26. The first-order valence-electron chi connectivity index (χ1n) is 4.07. The summed E-state index contributed by atoms with van der Waals surface area (Å²) in [5, 5.41) is 0. The van der Waals surface area contributed by atoms with E-state index in [1.807, 2.05) is 12.1 Å². The van der Waals surface area contributed by atoms with Gasteiger partial charge in [-0.15, -0.1) is 0 Å². The van der Waals surface area contributed by atoms with Crippen molar-refractivity contribution in [3.05, 3.63) is 60.7 Å². The van der Waals surface area contributed by atoms with Crippen LogP contribution in [0.2, 0.25) is 0 Å². The monoisotopic (exact) mass is 155 g/mol. The number of benzene rings is 2. The van der Waals surface area contributed by atoms with E-state index in [2.05, 4.69) is 48.5 Å². The Bertz CT molecular complexity index is 297. The van der Waals surface area contributed by atoms with Crippen molar-refractivity contribution in [1.82, 2.24) is 0 Å². The summed E-state index contributed by atoms with van der Waals surface area (Å²) in [6, 6.07) is 20.8. The quantitative estimate of drug-likeness (QED) is 0.592. The molecule has 0 bridgehead atoms. The second kappa shape index (κ2) is 3.22. The second-order valence-electron chi connectivity index (χ2n) is 2.73. The van der Waals surface area contributed by atoms with Crippen LogP contribution in [0, 0.1) is 0 Å². The molecule has 0 amide bonds. The van der Waals surface area contributed by atoms with Crippen LogP contribution in [-0.2, 0) is 0 Å². The van der Waals surface area contributed by atoms with Crippen molar-refractivity contribution in [3.63, 3.8) is 0 Å². The first-order chi connectivity index (χ1) is 5.97. The molecule has 0 aliphatic carbocycles. The van der Waals surface area contributed by atoms with Gasteiger partial charge in [0.05, 0.1) is 0 Å². The van der Waals surface area contributed by atoms with Crippen molar-refractivity contribution < 1.29 is 0 Å². The maximum Gasteiger partial charge on any atom is -0.0184 e. The molecule has 0 heteroatoms. The van der Waals surface area contributed by atoms with E-state index < -0.39 is 0 Å². The molecule has 0 nitrogen and oxygen atoms in total. The van der Waals surface area contributed by atoms with Gasteiger partial charge in [-0.3, -0.25) is 0 Å². The van der Waals surface area contributed by atoms with Crippen LogP contribution < -0.4 is 0 Å². The second-order valence-corrected chi connectivity index (χ2v) is 2.73. The van der Waals surface area contributed by atoms with E-state index in [0.717, 1.165) is 0 Å². The predicted molar refractivity (Wildman–Crippen MR) is 51.9 cm³/mol. The summed E-state index contributed by atoms with van der Waals surface area (Å²) in [5.74, 6) is 0. The Morgan fingerprint density at radius 1 is 0.417 bits per heavy atom. The number of hydrogen-bond donors (Lipinski definition) is 0. The SMILES string of the molecule is c1ccc(-c2cc[13cH]cc2)cc1. The van der Waals surface area contributed by atoms with Crippen LogP contribution in [0.25, 0.3) is 11.1 Å². The lowest BCUT2D eigenvalue weighted by Crippen LogP contribution is -1.73. The molecule has 2 rings (SSSR count). The zero-order valence-corrected chi connectivity index (χ0v) is 6.77. The minimum atomic E-state index is 1.28. The van der Waals surface area contributed by atoms with Gasteiger partial charge in [0.25, 0.3) is 0 Å². The third-order valence-electron chi connectivity index (χ3n) is 1.88. The summed E-state index contributed by atoms with van der Waals surface area (Å²) in [6.45, 7) is 0. The van der Waals surface area contributed by atoms with Gasteiger partial charge < -0.3 is 0 Å². The maximum atomic E-state index is 2.12. The van der Waals surface area contributed by atoms with Crippen LogP contribution in [0.4, 0.5) is 0 Å². The topological polar surface area (TPSA) is 0 Å². The molecule has 0 aliphatic heterocycles. The summed E-state index contributed by atoms with van der Waals surface area (Å²) >= 11 is 0. The molecule has 0 saturated carbocycles. The molecule has 0 radical (unpaired) electrons. The molecular formula is C12H10. The molecule has 0 aromatic heterocycles. The van der Waals surface area contributed by atoms with Gasteiger partial charge in [-0.05, 0) is 11.1 Å². The van der Waals surface area contributed by atoms with Gasteiger partial charge in [-0.1, -0.05) is 60.7 Å². The molecule has 0 heterocycles. The Kier molecular flexibility index (Phi) is 1.91. The minimum absolute atomic E-state index is 1.28. The maximum absolute atomic E-state index is 2.12. The summed E-state index contributed by atoms with van der Waals surface area (Å²) in [5.41, 5.74) is 2.55. The molecule has 0 atom stereocenters. The molecule has 0 saturated heterocycles. The molecular weight excluding hydrogens is 145 g/mol. The van der Waals surface area contributed by atoms with Crippen LogP contribution in [0.1, 0.15) is 0 Å². The van der Waals surface area contributed by atoms with E-state index in [1.165, 1.54) is 11.1 Å². The highest BCUT2D eigenvalue weighted by Crippen LogP contribution is 2.17. The lowest BCUT2D eigenvalue weighted by Gasteiger charge is -1.98. The van der Waals surface area contributed by atoms with Crippen LogP contribution in [0.15, 0.2) is 60.7 Å². The molecule has 58 valence electrons. The van der Waals surface area contributed by atoms with Crippen LogP contribution in [0.3, 0.4) is 0 Å². The summed E-state index contributed by atoms with van der Waals surface area (Å²) in [6.07, 6.45) is 0. The van der Waals surface area contributed by atoms with Crippen molar-refractivity contribution in [1.29, 1.82) is 0 Å². The molecule has 0 N–H and O–H groups in total. The Labute approximate surface area is 72.5 Å². The fourth-order valence-electron chi connectivity index (χ4n) is 1.26. The largest absolute Gasteiger partial charge is 0.0622 e. The summed E-state index contributed by atoms with van der Waals surface area (Å²) in [4.78, 5) is 0. The molecule has 0 fully saturated rings. The van der Waals surface area contributed by atoms with Crippen molar-refractivity contribution >= 4 is 0 Å². The van der Waals surface area contributed by atoms with E-state index in [4.69, 9.17) is 0 Å². The standard InChI is InChI=1S/C12H10/c1-3-7-11(8-4-1)12-9-5-2-6-10-12/h1-10H/i1+1. The number of hydrogen-bond acceptors (Lipinski definition) is 0. The van der Waals surface area contributed by atoms with Crippen LogP contribution in [-0.4, -0.2) is 0 Å². The van der Waals surface area contributed by atoms with Crippen molar-refractivity contribution in [3.8, 4) is 11.1 Å². The van der Waals surface area contributed by atoms with Gasteiger partial charge in [-0.2, -0.15) is 0 Å². The summed E-state index contributed by atoms with van der Waals surface area (Å²) < 4.78 is 0. The van der Waals surface area contributed by atoms with E-state index in [-0.39, 0.29) is 0 Å². The first kappa shape index (κ1) is 7.11. The highest BCUT2D eigenvalue weighted by atomic mass is 14.0. The molecule has 0 aliphatic rings. The average molecular weight is 155 g/mol. The van der Waals surface area contributed by atoms with E-state index in [0.29, 0.717) is 0 Å². The third-order valence-corrected chi connectivity index (χ3v) is 1.88. The molecule has 2 aromatic rings. The highest BCUT2D eigenvalue weighted by Gasteiger charge is 1.91. The van der Waals surface area contributed by atoms with Crippen LogP contribution in [0.5, 0.6) is 0 Å². The molecule has 2 aromatic carbocycles. The Morgan fingerprint density at radius 3 is 1.08 bits per heavy atom. The Balaban J connectivity index is 2.46. The lowest BCUT2D eigenvalue weighted by atomic mass is 10.1. The predicted octanol–water partition coefficient (Wildman–Crippen LogP) is 3.35. The van der Waals surface area contributed by atoms with Gasteiger partial charge in [0.15, 0.2) is 0 Å². The van der Waals surface area contributed by atoms with E-state index >= 15 is 0 Å². The zero-order valence-electron chi connectivity index (χ0n) is 6.77. The van der Waals surface area contributed by atoms with Crippen molar-refractivity contribution in [2.75, 3.05) is 0 Å². The van der Waals surface area contributed by atoms with Gasteiger partial charge in [-0.25, -0.2) is 0 Å². The molecule has 0 spiro atoms. The third kappa shape index (κ3) is 1.37. The molecule has 0 unspecified atom stereocenters. The minimum Gasteiger partial charge on any atom is -0.0622 e. The number of rotatable bonds is 1. The lowest BCUT2D eigenvalue weighted by molar-refractivity contribution is 1.62. The normalized spacial score (nSPS) is 9.67. The highest BCUT2D eigenvalue weighted by molar-refractivity contribution is 5.62. The summed E-state index contributed by atoms with van der Waals surface area (Å²) in [7, 11) is 0. The van der Waals surface area contributed by atoms with Gasteiger partial charge in [0.2, 0.25) is 0 Å². The zero-order chi connectivity index (χ0) is 8.23. The Morgan fingerprint density at radius 2 is 0.750 bits per heavy atom. The smallest absolute Gasteiger partial charge is 0.0184 e. The molecule has 12 heavy (non-hydrogen) atoms. The van der Waals surface area contributed by atoms with Gasteiger partial charge in [0, 0.05) is 0 Å². The fraction of sp³-hybridized carbons (Fsp3) is 0.